The van der Waals surface area contributed by atoms with E-state index in [-0.39, 0.29) is 11.2 Å². The first-order valence-corrected chi connectivity index (χ1v) is 11.8. The number of benzene rings is 2. The topological polar surface area (TPSA) is 54.3 Å². The van der Waals surface area contributed by atoms with Crippen LogP contribution in [0.25, 0.3) is 5.69 Å². The molecule has 0 N–H and O–H groups in total. The number of thioether (sulfide) groups is 1. The van der Waals surface area contributed by atoms with Crippen molar-refractivity contribution in [1.29, 1.82) is 0 Å². The Hall–Kier alpha value is -2.80. The number of hydrogen-bond donors (Lipinski definition) is 0. The monoisotopic (exact) mass is 433 g/mol. The SMILES string of the molecule is C[C@H](Sc1nc(C2CC2)n(-c2ccccc2)n1)C(=O)N1CCN(c2ccccc2)CC1. The van der Waals surface area contributed by atoms with E-state index >= 15 is 0 Å². The van der Waals surface area contributed by atoms with E-state index < -0.39 is 0 Å². The van der Waals surface area contributed by atoms with Crippen molar-refractivity contribution in [1.82, 2.24) is 19.7 Å². The van der Waals surface area contributed by atoms with Gasteiger partial charge >= 0.3 is 0 Å². The molecule has 1 aliphatic carbocycles. The van der Waals surface area contributed by atoms with E-state index in [0.29, 0.717) is 11.1 Å². The van der Waals surface area contributed by atoms with Crippen LogP contribution in [-0.2, 0) is 4.79 Å². The normalized spacial score (nSPS) is 17.6. The van der Waals surface area contributed by atoms with E-state index in [1.165, 1.54) is 17.4 Å². The number of piperazine rings is 1. The van der Waals surface area contributed by atoms with Gasteiger partial charge in [-0.1, -0.05) is 48.2 Å². The Morgan fingerprint density at radius 3 is 2.16 bits per heavy atom. The van der Waals surface area contributed by atoms with Crippen molar-refractivity contribution in [2.24, 2.45) is 0 Å². The fourth-order valence-electron chi connectivity index (χ4n) is 4.01. The average Bonchev–Trinajstić information content (AvgIpc) is 3.60. The zero-order valence-electron chi connectivity index (χ0n) is 17.7. The smallest absolute Gasteiger partial charge is 0.236 e. The van der Waals surface area contributed by atoms with Crippen molar-refractivity contribution in [3.63, 3.8) is 0 Å². The summed E-state index contributed by atoms with van der Waals surface area (Å²) in [7, 11) is 0. The second-order valence-electron chi connectivity index (χ2n) is 8.18. The minimum atomic E-state index is -0.207. The van der Waals surface area contributed by atoms with E-state index in [9.17, 15) is 4.79 Å². The number of hydrogen-bond acceptors (Lipinski definition) is 5. The van der Waals surface area contributed by atoms with Gasteiger partial charge in [-0.3, -0.25) is 4.79 Å². The maximum absolute atomic E-state index is 13.1. The van der Waals surface area contributed by atoms with Gasteiger partial charge in [0.2, 0.25) is 11.1 Å². The van der Waals surface area contributed by atoms with Crippen molar-refractivity contribution in [2.75, 3.05) is 31.1 Å². The predicted molar refractivity (Wildman–Crippen MR) is 124 cm³/mol. The molecule has 7 heteroatoms. The summed E-state index contributed by atoms with van der Waals surface area (Å²) < 4.78 is 1.95. The van der Waals surface area contributed by atoms with Gasteiger partial charge in [0.1, 0.15) is 5.82 Å². The van der Waals surface area contributed by atoms with Gasteiger partial charge in [-0.15, -0.1) is 5.10 Å². The molecule has 1 amide bonds. The number of carbonyl (C=O) groups is 1. The third-order valence-electron chi connectivity index (χ3n) is 5.90. The third kappa shape index (κ3) is 4.46. The molecule has 2 fully saturated rings. The van der Waals surface area contributed by atoms with Crippen LogP contribution in [0.4, 0.5) is 5.69 Å². The maximum atomic E-state index is 13.1. The van der Waals surface area contributed by atoms with Gasteiger partial charge in [-0.25, -0.2) is 9.67 Å². The van der Waals surface area contributed by atoms with E-state index in [0.717, 1.165) is 50.5 Å². The quantitative estimate of drug-likeness (QED) is 0.551. The molecule has 0 spiro atoms. The van der Waals surface area contributed by atoms with Crippen LogP contribution in [0, 0.1) is 0 Å². The molecule has 1 saturated carbocycles. The van der Waals surface area contributed by atoms with Crippen molar-refractivity contribution >= 4 is 23.4 Å². The Balaban J connectivity index is 1.23. The molecule has 0 bridgehead atoms. The second-order valence-corrected chi connectivity index (χ2v) is 9.49. The van der Waals surface area contributed by atoms with Gasteiger partial charge < -0.3 is 9.80 Å². The molecule has 2 heterocycles. The molecule has 2 aliphatic rings. The van der Waals surface area contributed by atoms with Crippen LogP contribution in [0.5, 0.6) is 0 Å². The number of anilines is 1. The first kappa shape index (κ1) is 20.1. The largest absolute Gasteiger partial charge is 0.368 e. The second kappa shape index (κ2) is 8.75. The molecule has 160 valence electrons. The first-order valence-electron chi connectivity index (χ1n) is 11.0. The summed E-state index contributed by atoms with van der Waals surface area (Å²) in [5.41, 5.74) is 2.25. The molecule has 0 unspecified atom stereocenters. The summed E-state index contributed by atoms with van der Waals surface area (Å²) in [6, 6.07) is 20.5. The summed E-state index contributed by atoms with van der Waals surface area (Å²) in [4.78, 5) is 22.2. The Morgan fingerprint density at radius 2 is 1.55 bits per heavy atom. The van der Waals surface area contributed by atoms with Crippen molar-refractivity contribution in [2.45, 2.75) is 36.1 Å². The van der Waals surface area contributed by atoms with E-state index in [1.54, 1.807) is 0 Å². The lowest BCUT2D eigenvalue weighted by Crippen LogP contribution is -2.50. The molecule has 1 atom stereocenters. The van der Waals surface area contributed by atoms with Crippen LogP contribution in [0.3, 0.4) is 0 Å². The van der Waals surface area contributed by atoms with Crippen LogP contribution in [-0.4, -0.2) is 57.0 Å². The summed E-state index contributed by atoms with van der Waals surface area (Å²) in [6.07, 6.45) is 2.33. The number of nitrogens with zero attached hydrogens (tertiary/aromatic N) is 5. The third-order valence-corrected chi connectivity index (χ3v) is 6.84. The highest BCUT2D eigenvalue weighted by molar-refractivity contribution is 8.00. The highest BCUT2D eigenvalue weighted by atomic mass is 32.2. The summed E-state index contributed by atoms with van der Waals surface area (Å²) in [6.45, 7) is 5.19. The molecule has 31 heavy (non-hydrogen) atoms. The lowest BCUT2D eigenvalue weighted by atomic mass is 10.2. The van der Waals surface area contributed by atoms with E-state index in [1.807, 2.05) is 40.8 Å². The molecule has 1 aliphatic heterocycles. The van der Waals surface area contributed by atoms with Crippen LogP contribution < -0.4 is 4.90 Å². The van der Waals surface area contributed by atoms with Crippen molar-refractivity contribution in [3.8, 4) is 5.69 Å². The average molecular weight is 434 g/mol. The summed E-state index contributed by atoms with van der Waals surface area (Å²) in [5.74, 6) is 1.67. The van der Waals surface area contributed by atoms with Crippen LogP contribution >= 0.6 is 11.8 Å². The highest BCUT2D eigenvalue weighted by Gasteiger charge is 2.32. The Labute approximate surface area is 187 Å². The molecule has 2 aromatic carbocycles. The molecule has 1 saturated heterocycles. The molecule has 5 rings (SSSR count). The molecule has 0 radical (unpaired) electrons. The van der Waals surface area contributed by atoms with Crippen LogP contribution in [0.1, 0.15) is 31.5 Å². The lowest BCUT2D eigenvalue weighted by molar-refractivity contribution is -0.130. The van der Waals surface area contributed by atoms with Gasteiger partial charge in [0.05, 0.1) is 10.9 Å². The lowest BCUT2D eigenvalue weighted by Gasteiger charge is -2.37. The zero-order valence-corrected chi connectivity index (χ0v) is 18.5. The first-order chi connectivity index (χ1) is 15.2. The predicted octanol–water partition coefficient (Wildman–Crippen LogP) is 3.97. The summed E-state index contributed by atoms with van der Waals surface area (Å²) >= 11 is 1.47. The van der Waals surface area contributed by atoms with Gasteiger partial charge in [0, 0.05) is 37.8 Å². The Kier molecular flexibility index (Phi) is 5.68. The molecule has 6 nitrogen and oxygen atoms in total. The standard InChI is InChI=1S/C24H27N5OS/c1-18(23(30)28-16-14-27(15-17-28)20-8-4-2-5-9-20)31-24-25-22(19-12-13-19)29(26-24)21-10-6-3-7-11-21/h2-11,18-19H,12-17H2,1H3/t18-/m0/s1. The number of carbonyl (C=O) groups excluding carboxylic acids is 1. The van der Waals surface area contributed by atoms with Crippen molar-refractivity contribution in [3.05, 3.63) is 66.5 Å². The Bertz CT molecular complexity index is 1030. The van der Waals surface area contributed by atoms with Crippen LogP contribution in [0.15, 0.2) is 65.8 Å². The zero-order chi connectivity index (χ0) is 21.2. The molecule has 1 aromatic heterocycles. The fraction of sp³-hybridized carbons (Fsp3) is 0.375. The number of amides is 1. The summed E-state index contributed by atoms with van der Waals surface area (Å²) in [5, 5.41) is 5.23. The number of para-hydroxylation sites is 2. The van der Waals surface area contributed by atoms with E-state index in [4.69, 9.17) is 10.1 Å². The van der Waals surface area contributed by atoms with Crippen molar-refractivity contribution < 1.29 is 4.79 Å². The van der Waals surface area contributed by atoms with Gasteiger partial charge in [-0.05, 0) is 44.0 Å². The van der Waals surface area contributed by atoms with Gasteiger partial charge in [0.15, 0.2) is 0 Å². The number of rotatable bonds is 6. The minimum absolute atomic E-state index is 0.168. The number of aromatic nitrogens is 3. The molecular formula is C24H27N5OS. The molecule has 3 aromatic rings. The molecular weight excluding hydrogens is 406 g/mol. The minimum Gasteiger partial charge on any atom is -0.368 e. The van der Waals surface area contributed by atoms with Gasteiger partial charge in [-0.2, -0.15) is 0 Å². The van der Waals surface area contributed by atoms with E-state index in [2.05, 4.69) is 41.3 Å². The Morgan fingerprint density at radius 1 is 0.935 bits per heavy atom. The highest BCUT2D eigenvalue weighted by Crippen LogP contribution is 2.40. The van der Waals surface area contributed by atoms with Crippen LogP contribution in [0.2, 0.25) is 0 Å². The van der Waals surface area contributed by atoms with Gasteiger partial charge in [0.25, 0.3) is 0 Å². The fourth-order valence-corrected chi connectivity index (χ4v) is 4.85. The maximum Gasteiger partial charge on any atom is 0.236 e.